The van der Waals surface area contributed by atoms with Crippen LogP contribution in [0.25, 0.3) is 0 Å². The van der Waals surface area contributed by atoms with Gasteiger partial charge in [-0.25, -0.2) is 4.79 Å². The Morgan fingerprint density at radius 3 is 2.57 bits per heavy atom. The number of ether oxygens (including phenoxy) is 2. The maximum atomic E-state index is 12.2. The van der Waals surface area contributed by atoms with Gasteiger partial charge in [0, 0.05) is 17.3 Å². The van der Waals surface area contributed by atoms with E-state index in [1.807, 2.05) is 0 Å². The van der Waals surface area contributed by atoms with Gasteiger partial charge in [-0.05, 0) is 31.2 Å². The fourth-order valence-corrected chi connectivity index (χ4v) is 2.34. The third-order valence-corrected chi connectivity index (χ3v) is 3.70. The van der Waals surface area contributed by atoms with E-state index in [-0.39, 0.29) is 27.7 Å². The first-order chi connectivity index (χ1) is 13.2. The average molecular weight is 415 g/mol. The first-order valence-electron chi connectivity index (χ1n) is 7.63. The molecule has 0 radical (unpaired) electrons. The number of nitrogens with one attached hydrogen (secondary N) is 1. The number of alkyl halides is 2. The molecule has 0 saturated carbocycles. The number of hydrogen-bond donors (Lipinski definition) is 1. The number of rotatable bonds is 7. The van der Waals surface area contributed by atoms with Crippen molar-refractivity contribution >= 4 is 34.9 Å². The van der Waals surface area contributed by atoms with Crippen LogP contribution in [0.3, 0.4) is 0 Å². The summed E-state index contributed by atoms with van der Waals surface area (Å²) < 4.78 is 33.3. The number of benzene rings is 2. The van der Waals surface area contributed by atoms with Gasteiger partial charge in [-0.2, -0.15) is 8.78 Å². The monoisotopic (exact) mass is 414 g/mol. The lowest BCUT2D eigenvalue weighted by Gasteiger charge is -2.10. The predicted octanol–water partition coefficient (Wildman–Crippen LogP) is 3.95. The molecule has 2 rings (SSSR count). The Labute approximate surface area is 162 Å². The molecule has 0 unspecified atom stereocenters. The number of anilines is 1. The summed E-state index contributed by atoms with van der Waals surface area (Å²) in [6, 6.07) is 7.37. The molecule has 0 saturated heterocycles. The van der Waals surface area contributed by atoms with Crippen LogP contribution in [-0.4, -0.2) is 30.0 Å². The summed E-state index contributed by atoms with van der Waals surface area (Å²) in [6.07, 6.45) is 0. The topological polar surface area (TPSA) is 108 Å². The number of carbonyl (C=O) groups is 2. The van der Waals surface area contributed by atoms with Crippen molar-refractivity contribution in [1.29, 1.82) is 0 Å². The third-order valence-electron chi connectivity index (χ3n) is 3.41. The lowest BCUT2D eigenvalue weighted by molar-refractivity contribution is -0.385. The number of nitro groups is 1. The summed E-state index contributed by atoms with van der Waals surface area (Å²) in [4.78, 5) is 34.1. The summed E-state index contributed by atoms with van der Waals surface area (Å²) in [7, 11) is 0. The molecule has 2 aromatic carbocycles. The Morgan fingerprint density at radius 2 is 1.96 bits per heavy atom. The second-order valence-electron chi connectivity index (χ2n) is 5.41. The molecule has 11 heteroatoms. The van der Waals surface area contributed by atoms with E-state index in [2.05, 4.69) is 10.1 Å². The minimum absolute atomic E-state index is 0.0818. The fourth-order valence-electron chi connectivity index (χ4n) is 2.11. The van der Waals surface area contributed by atoms with Crippen LogP contribution in [0.15, 0.2) is 36.4 Å². The van der Waals surface area contributed by atoms with Crippen LogP contribution < -0.4 is 10.1 Å². The van der Waals surface area contributed by atoms with Crippen LogP contribution >= 0.6 is 11.6 Å². The number of carbonyl (C=O) groups excluding carboxylic acids is 2. The number of esters is 1. The molecule has 0 heterocycles. The van der Waals surface area contributed by atoms with Gasteiger partial charge in [0.05, 0.1) is 15.5 Å². The van der Waals surface area contributed by atoms with Crippen molar-refractivity contribution in [2.45, 2.75) is 13.5 Å². The van der Waals surface area contributed by atoms with Crippen molar-refractivity contribution in [2.75, 3.05) is 11.9 Å². The molecule has 0 aromatic heterocycles. The van der Waals surface area contributed by atoms with Gasteiger partial charge in [0.25, 0.3) is 11.6 Å². The minimum Gasteiger partial charge on any atom is -0.452 e. The van der Waals surface area contributed by atoms with Gasteiger partial charge >= 0.3 is 12.6 Å². The van der Waals surface area contributed by atoms with Gasteiger partial charge in [-0.3, -0.25) is 14.9 Å². The molecule has 1 amide bonds. The Kier molecular flexibility index (Phi) is 6.83. The molecule has 2 aromatic rings. The number of nitrogens with zero attached hydrogens (tertiary/aromatic N) is 1. The van der Waals surface area contributed by atoms with Crippen molar-refractivity contribution < 1.29 is 32.8 Å². The number of aryl methyl sites for hydroxylation is 1. The SMILES string of the molecule is Cc1ccc(C(=O)OCC(=O)Nc2ccc(OC(F)F)c(Cl)c2)cc1[N+](=O)[O-]. The zero-order valence-electron chi connectivity index (χ0n) is 14.3. The standard InChI is InChI=1S/C17H13ClF2N2O6/c1-9-2-3-10(6-13(9)22(25)26)16(24)27-8-15(23)21-11-4-5-14(12(18)7-11)28-17(19)20/h2-7,17H,8H2,1H3,(H,21,23). The summed E-state index contributed by atoms with van der Waals surface area (Å²) in [6.45, 7) is -2.20. The van der Waals surface area contributed by atoms with Crippen LogP contribution in [0.4, 0.5) is 20.2 Å². The average Bonchev–Trinajstić information content (AvgIpc) is 2.62. The second-order valence-corrected chi connectivity index (χ2v) is 5.81. The summed E-state index contributed by atoms with van der Waals surface area (Å²) in [5.41, 5.74) is 0.204. The van der Waals surface area contributed by atoms with Crippen molar-refractivity contribution in [1.82, 2.24) is 0 Å². The molecule has 0 aliphatic heterocycles. The first-order valence-corrected chi connectivity index (χ1v) is 8.01. The smallest absolute Gasteiger partial charge is 0.387 e. The van der Waals surface area contributed by atoms with Crippen LogP contribution in [0.1, 0.15) is 15.9 Å². The predicted molar refractivity (Wildman–Crippen MR) is 94.8 cm³/mol. The Balaban J connectivity index is 1.95. The van der Waals surface area contributed by atoms with Gasteiger partial charge < -0.3 is 14.8 Å². The molecule has 0 aliphatic carbocycles. The second kappa shape index (κ2) is 9.09. The van der Waals surface area contributed by atoms with Crippen molar-refractivity contribution in [3.05, 3.63) is 62.7 Å². The number of halogens is 3. The molecule has 0 bridgehead atoms. The highest BCUT2D eigenvalue weighted by Gasteiger charge is 2.17. The Bertz CT molecular complexity index is 923. The normalized spacial score (nSPS) is 10.5. The quantitative estimate of drug-likeness (QED) is 0.417. The zero-order chi connectivity index (χ0) is 20.8. The summed E-state index contributed by atoms with van der Waals surface area (Å²) in [5.74, 6) is -1.91. The highest BCUT2D eigenvalue weighted by atomic mass is 35.5. The van der Waals surface area contributed by atoms with Crippen molar-refractivity contribution in [3.63, 3.8) is 0 Å². The van der Waals surface area contributed by atoms with Crippen LogP contribution in [0.5, 0.6) is 5.75 Å². The highest BCUT2D eigenvalue weighted by molar-refractivity contribution is 6.32. The Morgan fingerprint density at radius 1 is 1.25 bits per heavy atom. The minimum atomic E-state index is -3.05. The van der Waals surface area contributed by atoms with Gasteiger partial charge in [0.2, 0.25) is 0 Å². The fraction of sp³-hybridized carbons (Fsp3) is 0.176. The lowest BCUT2D eigenvalue weighted by atomic mass is 10.1. The molecule has 8 nitrogen and oxygen atoms in total. The number of nitro benzene ring substituents is 1. The largest absolute Gasteiger partial charge is 0.452 e. The maximum absolute atomic E-state index is 12.2. The van der Waals surface area contributed by atoms with E-state index in [0.717, 1.165) is 12.1 Å². The van der Waals surface area contributed by atoms with E-state index in [1.54, 1.807) is 0 Å². The molecule has 28 heavy (non-hydrogen) atoms. The van der Waals surface area contributed by atoms with E-state index < -0.39 is 30.0 Å². The molecule has 1 N–H and O–H groups in total. The number of amides is 1. The number of hydrogen-bond acceptors (Lipinski definition) is 6. The van der Waals surface area contributed by atoms with Crippen LogP contribution in [0.2, 0.25) is 5.02 Å². The molecular weight excluding hydrogens is 402 g/mol. The van der Waals surface area contributed by atoms with Gasteiger partial charge in [0.1, 0.15) is 5.75 Å². The molecule has 0 spiro atoms. The molecule has 0 fully saturated rings. The Hall–Kier alpha value is -3.27. The third kappa shape index (κ3) is 5.61. The van der Waals surface area contributed by atoms with Crippen molar-refractivity contribution in [2.24, 2.45) is 0 Å². The molecule has 0 aliphatic rings. The van der Waals surface area contributed by atoms with E-state index in [0.29, 0.717) is 5.56 Å². The van der Waals surface area contributed by atoms with Gasteiger partial charge in [-0.15, -0.1) is 0 Å². The van der Waals surface area contributed by atoms with Crippen molar-refractivity contribution in [3.8, 4) is 5.75 Å². The van der Waals surface area contributed by atoms with E-state index in [4.69, 9.17) is 16.3 Å². The summed E-state index contributed by atoms with van der Waals surface area (Å²) >= 11 is 5.77. The molecular formula is C17H13ClF2N2O6. The van der Waals surface area contributed by atoms with Crippen LogP contribution in [0, 0.1) is 17.0 Å². The van der Waals surface area contributed by atoms with Gasteiger partial charge in [0.15, 0.2) is 6.61 Å². The zero-order valence-corrected chi connectivity index (χ0v) is 15.0. The van der Waals surface area contributed by atoms with Crippen LogP contribution in [-0.2, 0) is 9.53 Å². The maximum Gasteiger partial charge on any atom is 0.387 e. The highest BCUT2D eigenvalue weighted by Crippen LogP contribution is 2.29. The van der Waals surface area contributed by atoms with E-state index in [9.17, 15) is 28.5 Å². The summed E-state index contributed by atoms with van der Waals surface area (Å²) in [5, 5.41) is 13.1. The molecule has 148 valence electrons. The van der Waals surface area contributed by atoms with E-state index >= 15 is 0 Å². The molecule has 0 atom stereocenters. The lowest BCUT2D eigenvalue weighted by Crippen LogP contribution is -2.21. The van der Waals surface area contributed by atoms with Gasteiger partial charge in [-0.1, -0.05) is 17.7 Å². The van der Waals surface area contributed by atoms with E-state index in [1.165, 1.54) is 31.2 Å². The first kappa shape index (κ1) is 21.0.